The molecule has 6 heteroatoms. The molecule has 2 rings (SSSR count). The van der Waals surface area contributed by atoms with Crippen LogP contribution >= 0.6 is 23.2 Å². The van der Waals surface area contributed by atoms with E-state index in [1.54, 1.807) is 5.37 Å². The van der Waals surface area contributed by atoms with Crippen LogP contribution in [-0.4, -0.2) is 20.4 Å². The molecule has 0 saturated heterocycles. The summed E-state index contributed by atoms with van der Waals surface area (Å²) in [5.41, 5.74) is 2.10. The average molecular weight is 319 g/mol. The highest BCUT2D eigenvalue weighted by Crippen LogP contribution is 2.24. The fourth-order valence-corrected chi connectivity index (χ4v) is 3.06. The molecule has 0 aliphatic carbocycles. The van der Waals surface area contributed by atoms with Crippen LogP contribution in [0.3, 0.4) is 0 Å². The Bertz CT molecular complexity index is 707. The number of aromatic nitrogens is 1. The highest BCUT2D eigenvalue weighted by atomic mass is 35.5. The molecule has 0 amide bonds. The van der Waals surface area contributed by atoms with Gasteiger partial charge in [0.2, 0.25) is 0 Å². The third kappa shape index (κ3) is 3.66. The monoisotopic (exact) mass is 318 g/mol. The highest BCUT2D eigenvalue weighted by molar-refractivity contribution is 7.98. The molecule has 0 radical (unpaired) electrons. The molecule has 1 aromatic carbocycles. The number of alkyl halides is 1. The van der Waals surface area contributed by atoms with Gasteiger partial charge < -0.3 is 4.57 Å². The first-order chi connectivity index (χ1) is 8.90. The van der Waals surface area contributed by atoms with E-state index in [1.807, 2.05) is 24.3 Å². The summed E-state index contributed by atoms with van der Waals surface area (Å²) in [6, 6.07) is 7.77. The molecule has 1 heterocycles. The summed E-state index contributed by atoms with van der Waals surface area (Å²) in [4.78, 5) is 0. The molecule has 3 nitrogen and oxygen atoms in total. The van der Waals surface area contributed by atoms with Gasteiger partial charge in [0, 0.05) is 44.1 Å². The zero-order valence-corrected chi connectivity index (χ0v) is 12.9. The largest absolute Gasteiger partial charge is 0.343 e. The lowest BCUT2D eigenvalue weighted by Gasteiger charge is -2.08. The summed E-state index contributed by atoms with van der Waals surface area (Å²) in [6.45, 7) is 0.704. The first-order valence-electron chi connectivity index (χ1n) is 5.84. The second-order valence-electron chi connectivity index (χ2n) is 4.55. The average Bonchev–Trinajstić information content (AvgIpc) is 2.65. The molecular formula is C13H16Cl2N2OS. The Labute approximate surface area is 123 Å². The number of nitrogens with zero attached hydrogens (tertiary/aromatic N) is 1. The Kier molecular flexibility index (Phi) is 4.46. The molecule has 1 atom stereocenters. The number of aryl methyl sites for hydroxylation is 1. The number of rotatable bonds is 4. The van der Waals surface area contributed by atoms with Gasteiger partial charge in [0.15, 0.2) is 0 Å². The maximum absolute atomic E-state index is 11.4. The minimum absolute atomic E-state index is 0.427. The van der Waals surface area contributed by atoms with Gasteiger partial charge in [-0.15, -0.1) is 11.6 Å². The Balaban J connectivity index is 2.38. The van der Waals surface area contributed by atoms with Gasteiger partial charge in [0.05, 0.1) is 5.88 Å². The van der Waals surface area contributed by atoms with Crippen LogP contribution in [-0.2, 0) is 22.1 Å². The van der Waals surface area contributed by atoms with Crippen molar-refractivity contribution in [2.45, 2.75) is 18.8 Å². The van der Waals surface area contributed by atoms with Crippen molar-refractivity contribution in [3.05, 3.63) is 35.0 Å². The number of halogens is 2. The van der Waals surface area contributed by atoms with Crippen LogP contribution in [0, 0.1) is 0 Å². The van der Waals surface area contributed by atoms with Crippen molar-refractivity contribution >= 4 is 49.2 Å². The van der Waals surface area contributed by atoms with Crippen LogP contribution in [0.4, 0.5) is 0 Å². The molecular weight excluding hydrogens is 303 g/mol. The van der Waals surface area contributed by atoms with Crippen LogP contribution in [0.1, 0.15) is 12.1 Å². The Morgan fingerprint density at radius 3 is 2.79 bits per heavy atom. The Morgan fingerprint density at radius 2 is 2.16 bits per heavy atom. The SMILES string of the molecule is CS(N)(=O)=CCCn1c(CCl)cc2cc(Cl)ccc21. The lowest BCUT2D eigenvalue weighted by atomic mass is 10.2. The number of hydrogen-bond donors (Lipinski definition) is 1. The van der Waals surface area contributed by atoms with Crippen LogP contribution in [0.25, 0.3) is 10.9 Å². The summed E-state index contributed by atoms with van der Waals surface area (Å²) in [6.07, 6.45) is 2.17. The van der Waals surface area contributed by atoms with E-state index in [1.165, 1.54) is 6.26 Å². The molecule has 0 fully saturated rings. The molecule has 1 aromatic heterocycles. The van der Waals surface area contributed by atoms with Crippen LogP contribution in [0.5, 0.6) is 0 Å². The molecule has 2 N–H and O–H groups in total. The minimum Gasteiger partial charge on any atom is -0.343 e. The van der Waals surface area contributed by atoms with Crippen molar-refractivity contribution in [1.29, 1.82) is 0 Å². The third-order valence-corrected chi connectivity index (χ3v) is 4.29. The van der Waals surface area contributed by atoms with E-state index < -0.39 is 9.71 Å². The second kappa shape index (κ2) is 5.75. The van der Waals surface area contributed by atoms with E-state index in [9.17, 15) is 4.21 Å². The first kappa shape index (κ1) is 14.7. The van der Waals surface area contributed by atoms with Crippen molar-refractivity contribution in [2.24, 2.45) is 5.14 Å². The summed E-state index contributed by atoms with van der Waals surface area (Å²) in [5.74, 6) is 0.427. The molecule has 104 valence electrons. The molecule has 0 aliphatic rings. The highest BCUT2D eigenvalue weighted by Gasteiger charge is 2.08. The van der Waals surface area contributed by atoms with Crippen LogP contribution in [0.2, 0.25) is 5.02 Å². The molecule has 0 saturated carbocycles. The van der Waals surface area contributed by atoms with E-state index in [0.29, 0.717) is 23.9 Å². The van der Waals surface area contributed by atoms with Crippen molar-refractivity contribution < 1.29 is 4.21 Å². The fraction of sp³-hybridized carbons (Fsp3) is 0.308. The maximum atomic E-state index is 11.4. The van der Waals surface area contributed by atoms with Gasteiger partial charge in [-0.05, 0) is 36.1 Å². The molecule has 2 aromatic rings. The lowest BCUT2D eigenvalue weighted by Crippen LogP contribution is -2.14. The normalized spacial score (nSPS) is 14.5. The predicted molar refractivity (Wildman–Crippen MR) is 85.4 cm³/mol. The predicted octanol–water partition coefficient (Wildman–Crippen LogP) is 3.01. The van der Waals surface area contributed by atoms with Gasteiger partial charge in [-0.3, -0.25) is 9.35 Å². The summed E-state index contributed by atoms with van der Waals surface area (Å²) < 4.78 is 13.6. The first-order valence-corrected chi connectivity index (χ1v) is 8.85. The van der Waals surface area contributed by atoms with Crippen molar-refractivity contribution in [2.75, 3.05) is 6.26 Å². The van der Waals surface area contributed by atoms with Crippen LogP contribution in [0.15, 0.2) is 24.3 Å². The standard InChI is InChI=1S/C13H16Cl2N2OS/c1-19(16,18)6-2-5-17-12(9-14)8-10-7-11(15)3-4-13(10)17/h3-4,6-8H,2,5,9H2,1H3,(H2,16,18). The number of nitrogens with two attached hydrogens (primary N) is 1. The van der Waals surface area contributed by atoms with Gasteiger partial charge in [0.1, 0.15) is 0 Å². The molecule has 0 spiro atoms. The topological polar surface area (TPSA) is 48.0 Å². The molecule has 19 heavy (non-hydrogen) atoms. The maximum Gasteiger partial charge on any atom is 0.0627 e. The molecule has 1 unspecified atom stereocenters. The van der Waals surface area contributed by atoms with Gasteiger partial charge in [-0.25, -0.2) is 0 Å². The zero-order chi connectivity index (χ0) is 14.0. The molecule has 0 bridgehead atoms. The van der Waals surface area contributed by atoms with E-state index in [4.69, 9.17) is 28.3 Å². The van der Waals surface area contributed by atoms with E-state index in [-0.39, 0.29) is 0 Å². The quantitative estimate of drug-likeness (QED) is 0.683. The fourth-order valence-electron chi connectivity index (χ4n) is 2.09. The van der Waals surface area contributed by atoms with Gasteiger partial charge in [0.25, 0.3) is 0 Å². The van der Waals surface area contributed by atoms with Gasteiger partial charge in [-0.1, -0.05) is 11.6 Å². The van der Waals surface area contributed by atoms with Crippen LogP contribution < -0.4 is 5.14 Å². The summed E-state index contributed by atoms with van der Waals surface area (Å²) in [5, 5.41) is 8.92. The van der Waals surface area contributed by atoms with Gasteiger partial charge >= 0.3 is 0 Å². The Morgan fingerprint density at radius 1 is 1.42 bits per heavy atom. The smallest absolute Gasteiger partial charge is 0.0627 e. The molecule has 0 aliphatic heterocycles. The summed E-state index contributed by atoms with van der Waals surface area (Å²) >= 11 is 12.0. The third-order valence-electron chi connectivity index (χ3n) is 2.89. The number of hydrogen-bond acceptors (Lipinski definition) is 1. The summed E-state index contributed by atoms with van der Waals surface area (Å²) in [7, 11) is -2.30. The van der Waals surface area contributed by atoms with E-state index in [0.717, 1.165) is 16.6 Å². The second-order valence-corrected chi connectivity index (χ2v) is 7.52. The zero-order valence-electron chi connectivity index (χ0n) is 10.6. The van der Waals surface area contributed by atoms with Crippen molar-refractivity contribution in [1.82, 2.24) is 4.57 Å². The van der Waals surface area contributed by atoms with E-state index in [2.05, 4.69) is 4.57 Å². The minimum atomic E-state index is -2.30. The van der Waals surface area contributed by atoms with Crippen molar-refractivity contribution in [3.8, 4) is 0 Å². The number of benzene rings is 1. The van der Waals surface area contributed by atoms with E-state index >= 15 is 0 Å². The number of fused-ring (bicyclic) bond motifs is 1. The van der Waals surface area contributed by atoms with Gasteiger partial charge in [-0.2, -0.15) is 0 Å². The van der Waals surface area contributed by atoms with Crippen molar-refractivity contribution in [3.63, 3.8) is 0 Å². The lowest BCUT2D eigenvalue weighted by molar-refractivity contribution is 0.684. The Hall–Kier alpha value is -0.680.